The second-order valence-electron chi connectivity index (χ2n) is 5.13. The summed E-state index contributed by atoms with van der Waals surface area (Å²) < 4.78 is 5.26. The minimum atomic E-state index is 0. The fourth-order valence-corrected chi connectivity index (χ4v) is 3.09. The lowest BCUT2D eigenvalue weighted by molar-refractivity contribution is 0.119. The van der Waals surface area contributed by atoms with Crippen LogP contribution in [-0.2, 0) is 11.3 Å². The van der Waals surface area contributed by atoms with Crippen molar-refractivity contribution in [3.05, 3.63) is 16.1 Å². The number of likely N-dealkylation sites (tertiary alicyclic amines) is 1. The number of guanidine groups is 1. The van der Waals surface area contributed by atoms with Crippen molar-refractivity contribution >= 4 is 41.3 Å². The summed E-state index contributed by atoms with van der Waals surface area (Å²) in [6, 6.07) is 0. The highest BCUT2D eigenvalue weighted by Gasteiger charge is 2.12. The minimum absolute atomic E-state index is 0. The fourth-order valence-electron chi connectivity index (χ4n) is 2.24. The zero-order valence-corrected chi connectivity index (χ0v) is 15.9. The van der Waals surface area contributed by atoms with Gasteiger partial charge in [-0.15, -0.1) is 35.3 Å². The smallest absolute Gasteiger partial charge is 0.191 e. The van der Waals surface area contributed by atoms with E-state index in [-0.39, 0.29) is 30.1 Å². The van der Waals surface area contributed by atoms with Crippen LogP contribution in [0.4, 0.5) is 0 Å². The van der Waals surface area contributed by atoms with Crippen molar-refractivity contribution in [1.82, 2.24) is 9.88 Å². The maximum Gasteiger partial charge on any atom is 0.191 e. The molecule has 1 aromatic rings. The molecule has 0 radical (unpaired) electrons. The van der Waals surface area contributed by atoms with Crippen LogP contribution in [0, 0.1) is 0 Å². The Labute approximate surface area is 148 Å². The second kappa shape index (κ2) is 9.58. The van der Waals surface area contributed by atoms with Crippen molar-refractivity contribution in [3.63, 3.8) is 0 Å². The standard InChI is InChI=1S/C14H24N4OS.HI/c1-11(19-2)13-17-12(10-20-13)9-16-14(15)18-7-5-3-4-6-8-18;/h10-11H,3-9H2,1-2H3,(H2,15,16);1H. The molecule has 1 fully saturated rings. The van der Waals surface area contributed by atoms with Gasteiger partial charge in [-0.3, -0.25) is 0 Å². The first-order valence-electron chi connectivity index (χ1n) is 7.22. The first kappa shape index (κ1) is 18.6. The van der Waals surface area contributed by atoms with Crippen LogP contribution in [0.2, 0.25) is 0 Å². The first-order valence-corrected chi connectivity index (χ1v) is 8.10. The Hall–Kier alpha value is -0.410. The van der Waals surface area contributed by atoms with Crippen LogP contribution < -0.4 is 5.73 Å². The van der Waals surface area contributed by atoms with E-state index in [1.807, 2.05) is 12.3 Å². The molecule has 1 aliphatic heterocycles. The highest BCUT2D eigenvalue weighted by molar-refractivity contribution is 14.0. The largest absolute Gasteiger partial charge is 0.375 e. The van der Waals surface area contributed by atoms with E-state index in [2.05, 4.69) is 14.9 Å². The fraction of sp³-hybridized carbons (Fsp3) is 0.714. The Morgan fingerprint density at radius 3 is 2.71 bits per heavy atom. The van der Waals surface area contributed by atoms with Gasteiger partial charge in [-0.05, 0) is 19.8 Å². The van der Waals surface area contributed by atoms with E-state index >= 15 is 0 Å². The van der Waals surface area contributed by atoms with Gasteiger partial charge in [-0.2, -0.15) is 0 Å². The molecular formula is C14H25IN4OS. The molecule has 0 spiro atoms. The van der Waals surface area contributed by atoms with Crippen molar-refractivity contribution < 1.29 is 4.74 Å². The molecular weight excluding hydrogens is 399 g/mol. The van der Waals surface area contributed by atoms with E-state index in [1.165, 1.54) is 25.7 Å². The lowest BCUT2D eigenvalue weighted by atomic mass is 10.2. The van der Waals surface area contributed by atoms with Crippen LogP contribution in [0.5, 0.6) is 0 Å². The van der Waals surface area contributed by atoms with Crippen molar-refractivity contribution in [1.29, 1.82) is 0 Å². The van der Waals surface area contributed by atoms with Crippen LogP contribution in [0.1, 0.15) is 49.4 Å². The molecule has 0 bridgehead atoms. The number of thiazole rings is 1. The van der Waals surface area contributed by atoms with E-state index in [1.54, 1.807) is 18.4 Å². The SMILES string of the molecule is COC(C)c1nc(CN=C(N)N2CCCCCC2)cs1.I. The van der Waals surface area contributed by atoms with Crippen molar-refractivity contribution in [2.75, 3.05) is 20.2 Å². The molecule has 0 amide bonds. The normalized spacial score (nSPS) is 18.0. The third-order valence-electron chi connectivity index (χ3n) is 3.60. The summed E-state index contributed by atoms with van der Waals surface area (Å²) in [5, 5.41) is 3.02. The molecule has 1 saturated heterocycles. The van der Waals surface area contributed by atoms with Gasteiger partial charge in [0.2, 0.25) is 0 Å². The van der Waals surface area contributed by atoms with Gasteiger partial charge in [0.25, 0.3) is 0 Å². The number of aromatic nitrogens is 1. The average molecular weight is 424 g/mol. The molecule has 7 heteroatoms. The van der Waals surface area contributed by atoms with Gasteiger partial charge in [-0.1, -0.05) is 12.8 Å². The number of aliphatic imine (C=N–C) groups is 1. The Morgan fingerprint density at radius 1 is 1.43 bits per heavy atom. The maximum atomic E-state index is 6.09. The van der Waals surface area contributed by atoms with Gasteiger partial charge in [0.05, 0.1) is 12.2 Å². The zero-order valence-electron chi connectivity index (χ0n) is 12.7. The average Bonchev–Trinajstić information content (AvgIpc) is 2.77. The summed E-state index contributed by atoms with van der Waals surface area (Å²) in [5.74, 6) is 0.654. The minimum Gasteiger partial charge on any atom is -0.375 e. The van der Waals surface area contributed by atoms with Gasteiger partial charge in [0.1, 0.15) is 11.1 Å². The summed E-state index contributed by atoms with van der Waals surface area (Å²) in [7, 11) is 1.70. The zero-order chi connectivity index (χ0) is 14.4. The molecule has 1 unspecified atom stereocenters. The van der Waals surface area contributed by atoms with Gasteiger partial charge in [0, 0.05) is 25.6 Å². The van der Waals surface area contributed by atoms with Crippen molar-refractivity contribution in [2.45, 2.75) is 45.3 Å². The molecule has 2 N–H and O–H groups in total. The van der Waals surface area contributed by atoms with E-state index in [0.29, 0.717) is 12.5 Å². The molecule has 1 aromatic heterocycles. The molecule has 1 atom stereocenters. The molecule has 5 nitrogen and oxygen atoms in total. The maximum absolute atomic E-state index is 6.09. The molecule has 2 rings (SSSR count). The Kier molecular flexibility index (Phi) is 8.50. The highest BCUT2D eigenvalue weighted by atomic mass is 127. The number of nitrogens with zero attached hydrogens (tertiary/aromatic N) is 3. The van der Waals surface area contributed by atoms with E-state index in [0.717, 1.165) is 23.8 Å². The summed E-state index contributed by atoms with van der Waals surface area (Å²) in [5.41, 5.74) is 7.05. The first-order chi connectivity index (χ1) is 9.70. The monoisotopic (exact) mass is 424 g/mol. The molecule has 120 valence electrons. The van der Waals surface area contributed by atoms with Crippen molar-refractivity contribution in [2.24, 2.45) is 10.7 Å². The van der Waals surface area contributed by atoms with Gasteiger partial charge < -0.3 is 15.4 Å². The molecule has 1 aliphatic rings. The summed E-state index contributed by atoms with van der Waals surface area (Å²) in [4.78, 5) is 11.2. The third kappa shape index (κ3) is 5.71. The lowest BCUT2D eigenvalue weighted by Gasteiger charge is -2.20. The number of rotatable bonds is 4. The predicted molar refractivity (Wildman–Crippen MR) is 98.3 cm³/mol. The van der Waals surface area contributed by atoms with Crippen LogP contribution in [-0.4, -0.2) is 36.0 Å². The van der Waals surface area contributed by atoms with E-state index in [9.17, 15) is 0 Å². The van der Waals surface area contributed by atoms with E-state index < -0.39 is 0 Å². The quantitative estimate of drug-likeness (QED) is 0.458. The number of halogens is 1. The molecule has 0 saturated carbocycles. The topological polar surface area (TPSA) is 63.7 Å². The van der Waals surface area contributed by atoms with E-state index in [4.69, 9.17) is 10.5 Å². The number of methoxy groups -OCH3 is 1. The predicted octanol–water partition coefficient (Wildman–Crippen LogP) is 3.16. The summed E-state index contributed by atoms with van der Waals surface area (Å²) in [6.07, 6.45) is 5.06. The number of ether oxygens (including phenoxy) is 1. The summed E-state index contributed by atoms with van der Waals surface area (Å²) in [6.45, 7) is 4.60. The lowest BCUT2D eigenvalue weighted by Crippen LogP contribution is -2.38. The molecule has 2 heterocycles. The van der Waals surface area contributed by atoms with Crippen LogP contribution in [0.3, 0.4) is 0 Å². The molecule has 21 heavy (non-hydrogen) atoms. The van der Waals surface area contributed by atoms with Gasteiger partial charge in [0.15, 0.2) is 5.96 Å². The summed E-state index contributed by atoms with van der Waals surface area (Å²) >= 11 is 1.61. The van der Waals surface area contributed by atoms with Gasteiger partial charge in [-0.25, -0.2) is 9.98 Å². The van der Waals surface area contributed by atoms with Crippen molar-refractivity contribution in [3.8, 4) is 0 Å². The molecule has 0 aromatic carbocycles. The molecule has 0 aliphatic carbocycles. The number of hydrogen-bond donors (Lipinski definition) is 1. The van der Waals surface area contributed by atoms with Crippen LogP contribution in [0.25, 0.3) is 0 Å². The highest BCUT2D eigenvalue weighted by Crippen LogP contribution is 2.20. The second-order valence-corrected chi connectivity index (χ2v) is 6.02. The van der Waals surface area contributed by atoms with Crippen LogP contribution in [0.15, 0.2) is 10.4 Å². The van der Waals surface area contributed by atoms with Crippen LogP contribution >= 0.6 is 35.3 Å². The van der Waals surface area contributed by atoms with Gasteiger partial charge >= 0.3 is 0 Å². The Morgan fingerprint density at radius 2 is 2.10 bits per heavy atom. The Balaban J connectivity index is 0.00000220. The Bertz CT molecular complexity index is 444. The third-order valence-corrected chi connectivity index (χ3v) is 4.66. The number of hydrogen-bond acceptors (Lipinski definition) is 4. The number of nitrogens with two attached hydrogens (primary N) is 1.